The van der Waals surface area contributed by atoms with Crippen molar-refractivity contribution < 1.29 is 9.53 Å². The number of fused-ring (bicyclic) bond motifs is 3. The third-order valence-corrected chi connectivity index (χ3v) is 5.71. The fraction of sp³-hybridized carbons (Fsp3) is 0.409. The monoisotopic (exact) mass is 335 g/mol. The summed E-state index contributed by atoms with van der Waals surface area (Å²) in [6, 6.07) is 16.9. The summed E-state index contributed by atoms with van der Waals surface area (Å²) in [5.41, 5.74) is 5.38. The first kappa shape index (κ1) is 16.2. The van der Waals surface area contributed by atoms with Gasteiger partial charge in [0.1, 0.15) is 6.61 Å². The number of piperidine rings is 1. The molecule has 0 bridgehead atoms. The van der Waals surface area contributed by atoms with Crippen LogP contribution in [0.4, 0.5) is 4.79 Å². The van der Waals surface area contributed by atoms with E-state index in [2.05, 4.69) is 62.4 Å². The molecule has 130 valence electrons. The smallest absolute Gasteiger partial charge is 0.409 e. The molecular weight excluding hydrogens is 310 g/mol. The minimum absolute atomic E-state index is 0.137. The Kier molecular flexibility index (Phi) is 4.03. The fourth-order valence-corrected chi connectivity index (χ4v) is 3.98. The van der Waals surface area contributed by atoms with E-state index < -0.39 is 0 Å². The Balaban J connectivity index is 1.47. The highest BCUT2D eigenvalue weighted by Gasteiger charge is 2.31. The van der Waals surface area contributed by atoms with Gasteiger partial charge in [-0.15, -0.1) is 0 Å². The molecule has 3 heteroatoms. The standard InChI is InChI=1S/C22H25NO2/c1-22(2)11-13-23(14-12-22)21(24)25-15-20-18-9-5-3-7-16(18)17-8-4-6-10-19(17)20/h3-10,20H,11-15H2,1-2H3. The van der Waals surface area contributed by atoms with Crippen LogP contribution in [-0.2, 0) is 4.74 Å². The Bertz CT molecular complexity index is 741. The zero-order valence-electron chi connectivity index (χ0n) is 15.0. The van der Waals surface area contributed by atoms with Crippen LogP contribution < -0.4 is 0 Å². The van der Waals surface area contributed by atoms with E-state index in [-0.39, 0.29) is 12.0 Å². The van der Waals surface area contributed by atoms with Gasteiger partial charge in [0, 0.05) is 19.0 Å². The molecule has 1 heterocycles. The van der Waals surface area contributed by atoms with Gasteiger partial charge in [-0.05, 0) is 40.5 Å². The van der Waals surface area contributed by atoms with Gasteiger partial charge in [0.25, 0.3) is 0 Å². The van der Waals surface area contributed by atoms with Crippen LogP contribution in [0.1, 0.15) is 43.7 Å². The number of hydrogen-bond donors (Lipinski definition) is 0. The van der Waals surface area contributed by atoms with Crippen molar-refractivity contribution in [2.45, 2.75) is 32.6 Å². The van der Waals surface area contributed by atoms with Crippen LogP contribution in [0.2, 0.25) is 0 Å². The summed E-state index contributed by atoms with van der Waals surface area (Å²) in [5, 5.41) is 0. The predicted octanol–water partition coefficient (Wildman–Crippen LogP) is 5.06. The quantitative estimate of drug-likeness (QED) is 0.768. The van der Waals surface area contributed by atoms with Gasteiger partial charge in [0.2, 0.25) is 0 Å². The van der Waals surface area contributed by atoms with Crippen molar-refractivity contribution in [2.24, 2.45) is 5.41 Å². The van der Waals surface area contributed by atoms with Crippen LogP contribution >= 0.6 is 0 Å². The number of amides is 1. The Labute approximate surface area is 149 Å². The van der Waals surface area contributed by atoms with Crippen molar-refractivity contribution >= 4 is 6.09 Å². The van der Waals surface area contributed by atoms with Crippen LogP contribution in [0.25, 0.3) is 11.1 Å². The Morgan fingerprint density at radius 3 is 2.08 bits per heavy atom. The highest BCUT2D eigenvalue weighted by molar-refractivity contribution is 5.79. The lowest BCUT2D eigenvalue weighted by atomic mass is 9.83. The van der Waals surface area contributed by atoms with E-state index in [1.807, 2.05) is 4.90 Å². The lowest BCUT2D eigenvalue weighted by molar-refractivity contribution is 0.0734. The Hall–Kier alpha value is -2.29. The van der Waals surface area contributed by atoms with Crippen LogP contribution in [0, 0.1) is 5.41 Å². The molecule has 0 spiro atoms. The topological polar surface area (TPSA) is 29.5 Å². The van der Waals surface area contributed by atoms with Gasteiger partial charge in [0.05, 0.1) is 0 Å². The highest BCUT2D eigenvalue weighted by Crippen LogP contribution is 2.44. The van der Waals surface area contributed by atoms with Crippen LogP contribution in [0.5, 0.6) is 0 Å². The maximum absolute atomic E-state index is 12.5. The van der Waals surface area contributed by atoms with E-state index in [1.54, 1.807) is 0 Å². The number of hydrogen-bond acceptors (Lipinski definition) is 2. The molecule has 0 radical (unpaired) electrons. The first-order chi connectivity index (χ1) is 12.1. The second kappa shape index (κ2) is 6.21. The summed E-state index contributed by atoms with van der Waals surface area (Å²) >= 11 is 0. The van der Waals surface area contributed by atoms with Crippen molar-refractivity contribution in [1.29, 1.82) is 0 Å². The highest BCUT2D eigenvalue weighted by atomic mass is 16.6. The molecule has 2 aromatic carbocycles. The largest absolute Gasteiger partial charge is 0.448 e. The lowest BCUT2D eigenvalue weighted by Crippen LogP contribution is -2.41. The van der Waals surface area contributed by atoms with E-state index in [4.69, 9.17) is 4.74 Å². The van der Waals surface area contributed by atoms with Crippen LogP contribution in [0.15, 0.2) is 48.5 Å². The van der Waals surface area contributed by atoms with E-state index >= 15 is 0 Å². The van der Waals surface area contributed by atoms with Gasteiger partial charge in [-0.25, -0.2) is 4.79 Å². The van der Waals surface area contributed by atoms with Gasteiger partial charge in [-0.1, -0.05) is 62.4 Å². The molecule has 1 amide bonds. The van der Waals surface area contributed by atoms with Gasteiger partial charge >= 0.3 is 6.09 Å². The molecule has 2 aromatic rings. The first-order valence-electron chi connectivity index (χ1n) is 9.15. The zero-order chi connectivity index (χ0) is 17.4. The Morgan fingerprint density at radius 1 is 1.00 bits per heavy atom. The van der Waals surface area contributed by atoms with E-state index in [1.165, 1.54) is 22.3 Å². The summed E-state index contributed by atoms with van der Waals surface area (Å²) in [5.74, 6) is 0.137. The normalized spacial score (nSPS) is 18.6. The third kappa shape index (κ3) is 3.04. The van der Waals surface area contributed by atoms with Crippen molar-refractivity contribution in [3.63, 3.8) is 0 Å². The molecule has 0 saturated carbocycles. The van der Waals surface area contributed by atoms with E-state index in [0.29, 0.717) is 12.0 Å². The van der Waals surface area contributed by atoms with Gasteiger partial charge in [-0.2, -0.15) is 0 Å². The zero-order valence-corrected chi connectivity index (χ0v) is 15.0. The second-order valence-corrected chi connectivity index (χ2v) is 7.96. The van der Waals surface area contributed by atoms with Gasteiger partial charge < -0.3 is 9.64 Å². The van der Waals surface area contributed by atoms with Crippen molar-refractivity contribution in [2.75, 3.05) is 19.7 Å². The fourth-order valence-electron chi connectivity index (χ4n) is 3.98. The molecule has 0 unspecified atom stereocenters. The molecule has 1 aliphatic carbocycles. The molecule has 0 N–H and O–H groups in total. The maximum atomic E-state index is 12.5. The minimum atomic E-state index is -0.169. The molecule has 1 fully saturated rings. The number of carbonyl (C=O) groups is 1. The molecule has 3 nitrogen and oxygen atoms in total. The van der Waals surface area contributed by atoms with Crippen molar-refractivity contribution in [1.82, 2.24) is 4.90 Å². The summed E-state index contributed by atoms with van der Waals surface area (Å²) in [6.07, 6.45) is 1.91. The second-order valence-electron chi connectivity index (χ2n) is 7.96. The summed E-state index contributed by atoms with van der Waals surface area (Å²) < 4.78 is 5.73. The summed E-state index contributed by atoms with van der Waals surface area (Å²) in [4.78, 5) is 14.4. The van der Waals surface area contributed by atoms with Crippen molar-refractivity contribution in [3.05, 3.63) is 59.7 Å². The van der Waals surface area contributed by atoms with E-state index in [9.17, 15) is 4.79 Å². The molecule has 0 aromatic heterocycles. The number of likely N-dealkylation sites (tertiary alicyclic amines) is 1. The Morgan fingerprint density at radius 2 is 1.52 bits per heavy atom. The SMILES string of the molecule is CC1(C)CCN(C(=O)OCC2c3ccccc3-c3ccccc32)CC1. The molecule has 4 rings (SSSR count). The molecule has 0 atom stereocenters. The molecule has 1 aliphatic heterocycles. The molecular formula is C22H25NO2. The summed E-state index contributed by atoms with van der Waals surface area (Å²) in [7, 11) is 0. The van der Waals surface area contributed by atoms with E-state index in [0.717, 1.165) is 25.9 Å². The number of nitrogens with zero attached hydrogens (tertiary/aromatic N) is 1. The summed E-state index contributed by atoms with van der Waals surface area (Å²) in [6.45, 7) is 6.53. The van der Waals surface area contributed by atoms with Crippen LogP contribution in [0.3, 0.4) is 0 Å². The lowest BCUT2D eigenvalue weighted by Gasteiger charge is -2.36. The number of benzene rings is 2. The van der Waals surface area contributed by atoms with Gasteiger partial charge in [-0.3, -0.25) is 0 Å². The van der Waals surface area contributed by atoms with Gasteiger partial charge in [0.15, 0.2) is 0 Å². The number of ether oxygens (including phenoxy) is 1. The number of carbonyl (C=O) groups excluding carboxylic acids is 1. The van der Waals surface area contributed by atoms with Crippen LogP contribution in [-0.4, -0.2) is 30.7 Å². The minimum Gasteiger partial charge on any atom is -0.448 e. The molecule has 1 saturated heterocycles. The number of rotatable bonds is 2. The molecule has 25 heavy (non-hydrogen) atoms. The average Bonchev–Trinajstić information content (AvgIpc) is 2.94. The maximum Gasteiger partial charge on any atom is 0.409 e. The predicted molar refractivity (Wildman–Crippen MR) is 99.7 cm³/mol. The molecule has 2 aliphatic rings. The third-order valence-electron chi connectivity index (χ3n) is 5.71. The first-order valence-corrected chi connectivity index (χ1v) is 9.15. The average molecular weight is 335 g/mol. The van der Waals surface area contributed by atoms with Crippen molar-refractivity contribution in [3.8, 4) is 11.1 Å².